The molecule has 2 N–H and O–H groups in total. The molecule has 0 atom stereocenters. The molecule has 3 fully saturated rings. The summed E-state index contributed by atoms with van der Waals surface area (Å²) in [5.41, 5.74) is 1.06. The summed E-state index contributed by atoms with van der Waals surface area (Å²) < 4.78 is 29.1. The smallest absolute Gasteiger partial charge is 0.321 e. The minimum Gasteiger partial charge on any atom is -0.349 e. The van der Waals surface area contributed by atoms with Crippen LogP contribution in [-0.4, -0.2) is 79.2 Å². The average molecular weight is 464 g/mol. The SMILES string of the molecule is CN(C1CCCCC1)S(=O)(=O)N1CCN(C(=O)Nc2cccc(C(=O)NC3CC3)c2)CC1. The van der Waals surface area contributed by atoms with Gasteiger partial charge in [0.2, 0.25) is 0 Å². The van der Waals surface area contributed by atoms with Gasteiger partial charge in [0.05, 0.1) is 0 Å². The van der Waals surface area contributed by atoms with Gasteiger partial charge in [-0.05, 0) is 43.9 Å². The Bertz CT molecular complexity index is 935. The monoisotopic (exact) mass is 463 g/mol. The molecule has 1 aromatic rings. The lowest BCUT2D eigenvalue weighted by Gasteiger charge is -2.38. The van der Waals surface area contributed by atoms with Crippen molar-refractivity contribution in [3.8, 4) is 0 Å². The number of nitrogens with one attached hydrogen (secondary N) is 2. The summed E-state index contributed by atoms with van der Waals surface area (Å²) in [6, 6.07) is 6.91. The Balaban J connectivity index is 1.30. The predicted molar refractivity (Wildman–Crippen MR) is 123 cm³/mol. The number of amides is 3. The topological polar surface area (TPSA) is 102 Å². The van der Waals surface area contributed by atoms with Gasteiger partial charge < -0.3 is 15.5 Å². The molecule has 10 heteroatoms. The minimum atomic E-state index is -3.53. The van der Waals surface area contributed by atoms with Crippen LogP contribution in [0.3, 0.4) is 0 Å². The molecule has 176 valence electrons. The Morgan fingerprint density at radius 1 is 1.00 bits per heavy atom. The third-order valence-electron chi connectivity index (χ3n) is 6.59. The van der Waals surface area contributed by atoms with Gasteiger partial charge in [0, 0.05) is 56.6 Å². The lowest BCUT2D eigenvalue weighted by Crippen LogP contribution is -2.55. The molecule has 2 aliphatic carbocycles. The summed E-state index contributed by atoms with van der Waals surface area (Å²) in [6.07, 6.45) is 7.17. The average Bonchev–Trinajstić information content (AvgIpc) is 3.63. The molecule has 1 heterocycles. The van der Waals surface area contributed by atoms with Crippen LogP contribution in [0.2, 0.25) is 0 Å². The quantitative estimate of drug-likeness (QED) is 0.675. The van der Waals surface area contributed by atoms with Gasteiger partial charge in [-0.15, -0.1) is 0 Å². The van der Waals surface area contributed by atoms with Crippen molar-refractivity contribution >= 4 is 27.8 Å². The fraction of sp³-hybridized carbons (Fsp3) is 0.636. The molecule has 0 radical (unpaired) electrons. The van der Waals surface area contributed by atoms with E-state index in [4.69, 9.17) is 0 Å². The van der Waals surface area contributed by atoms with Crippen LogP contribution < -0.4 is 10.6 Å². The summed E-state index contributed by atoms with van der Waals surface area (Å²) in [5.74, 6) is -0.135. The highest BCUT2D eigenvalue weighted by Gasteiger charge is 2.35. The van der Waals surface area contributed by atoms with Crippen molar-refractivity contribution < 1.29 is 18.0 Å². The summed E-state index contributed by atoms with van der Waals surface area (Å²) in [6.45, 7) is 1.20. The Morgan fingerprint density at radius 2 is 1.69 bits per heavy atom. The maximum atomic E-state index is 13.0. The van der Waals surface area contributed by atoms with Gasteiger partial charge in [0.15, 0.2) is 0 Å². The van der Waals surface area contributed by atoms with E-state index < -0.39 is 10.2 Å². The number of carbonyl (C=O) groups excluding carboxylic acids is 2. The van der Waals surface area contributed by atoms with Crippen molar-refractivity contribution in [3.63, 3.8) is 0 Å². The number of nitrogens with zero attached hydrogens (tertiary/aromatic N) is 3. The molecule has 0 aromatic heterocycles. The number of anilines is 1. The number of urea groups is 1. The minimum absolute atomic E-state index is 0.0690. The third kappa shape index (κ3) is 5.41. The van der Waals surface area contributed by atoms with Gasteiger partial charge in [-0.3, -0.25) is 4.79 Å². The van der Waals surface area contributed by atoms with E-state index in [1.165, 1.54) is 15.0 Å². The molecular formula is C22H33N5O4S. The predicted octanol–water partition coefficient (Wildman–Crippen LogP) is 2.24. The Morgan fingerprint density at radius 3 is 2.34 bits per heavy atom. The molecule has 0 spiro atoms. The number of rotatable bonds is 6. The van der Waals surface area contributed by atoms with Crippen LogP contribution in [0.25, 0.3) is 0 Å². The van der Waals surface area contributed by atoms with E-state index in [1.54, 1.807) is 36.2 Å². The zero-order chi connectivity index (χ0) is 22.7. The second-order valence-corrected chi connectivity index (χ2v) is 10.9. The van der Waals surface area contributed by atoms with E-state index >= 15 is 0 Å². The first-order valence-corrected chi connectivity index (χ1v) is 12.9. The maximum absolute atomic E-state index is 13.0. The van der Waals surface area contributed by atoms with Crippen LogP contribution >= 0.6 is 0 Å². The fourth-order valence-corrected chi connectivity index (χ4v) is 5.95. The summed E-state index contributed by atoms with van der Waals surface area (Å²) >= 11 is 0. The van der Waals surface area contributed by atoms with Crippen LogP contribution in [0.4, 0.5) is 10.5 Å². The number of hydrogen-bond donors (Lipinski definition) is 2. The highest BCUT2D eigenvalue weighted by Crippen LogP contribution is 2.25. The number of piperazine rings is 1. The summed E-state index contributed by atoms with van der Waals surface area (Å²) in [7, 11) is -1.85. The first kappa shape index (κ1) is 23.0. The van der Waals surface area contributed by atoms with Crippen LogP contribution in [0, 0.1) is 0 Å². The van der Waals surface area contributed by atoms with Crippen molar-refractivity contribution in [1.29, 1.82) is 0 Å². The van der Waals surface area contributed by atoms with E-state index in [0.717, 1.165) is 38.5 Å². The van der Waals surface area contributed by atoms with Crippen LogP contribution in [0.15, 0.2) is 24.3 Å². The van der Waals surface area contributed by atoms with Gasteiger partial charge in [-0.2, -0.15) is 17.0 Å². The largest absolute Gasteiger partial charge is 0.349 e. The molecule has 1 aliphatic heterocycles. The van der Waals surface area contributed by atoms with Crippen molar-refractivity contribution in [2.75, 3.05) is 38.5 Å². The van der Waals surface area contributed by atoms with Crippen molar-refractivity contribution in [2.45, 2.75) is 57.0 Å². The first-order valence-electron chi connectivity index (χ1n) is 11.5. The molecule has 1 saturated heterocycles. The molecule has 0 unspecified atom stereocenters. The Hall–Kier alpha value is -2.17. The molecule has 9 nitrogen and oxygen atoms in total. The molecule has 2 saturated carbocycles. The number of hydrogen-bond acceptors (Lipinski definition) is 4. The van der Waals surface area contributed by atoms with Crippen molar-refractivity contribution in [2.24, 2.45) is 0 Å². The van der Waals surface area contributed by atoms with Gasteiger partial charge in [-0.25, -0.2) is 4.79 Å². The maximum Gasteiger partial charge on any atom is 0.321 e. The zero-order valence-corrected chi connectivity index (χ0v) is 19.4. The van der Waals surface area contributed by atoms with E-state index in [-0.39, 0.29) is 37.1 Å². The number of carbonyl (C=O) groups is 2. The number of benzene rings is 1. The highest BCUT2D eigenvalue weighted by atomic mass is 32.2. The van der Waals surface area contributed by atoms with Crippen LogP contribution in [0.5, 0.6) is 0 Å². The van der Waals surface area contributed by atoms with Crippen molar-refractivity contribution in [3.05, 3.63) is 29.8 Å². The molecule has 1 aromatic carbocycles. The molecular weight excluding hydrogens is 430 g/mol. The highest BCUT2D eigenvalue weighted by molar-refractivity contribution is 7.86. The molecule has 32 heavy (non-hydrogen) atoms. The van der Waals surface area contributed by atoms with Crippen LogP contribution in [0.1, 0.15) is 55.3 Å². The molecule has 3 amide bonds. The normalized spacial score (nSPS) is 20.9. The van der Waals surface area contributed by atoms with E-state index in [2.05, 4.69) is 10.6 Å². The van der Waals surface area contributed by atoms with E-state index in [1.807, 2.05) is 0 Å². The van der Waals surface area contributed by atoms with E-state index in [0.29, 0.717) is 24.3 Å². The van der Waals surface area contributed by atoms with Gasteiger partial charge in [-0.1, -0.05) is 25.3 Å². The lowest BCUT2D eigenvalue weighted by atomic mass is 9.96. The molecule has 0 bridgehead atoms. The van der Waals surface area contributed by atoms with Gasteiger partial charge in [0.25, 0.3) is 16.1 Å². The zero-order valence-electron chi connectivity index (χ0n) is 18.6. The molecule has 3 aliphatic rings. The summed E-state index contributed by atoms with van der Waals surface area (Å²) in [5, 5.41) is 5.77. The van der Waals surface area contributed by atoms with E-state index in [9.17, 15) is 18.0 Å². The lowest BCUT2D eigenvalue weighted by molar-refractivity contribution is 0.0951. The third-order valence-corrected chi connectivity index (χ3v) is 8.64. The molecule has 4 rings (SSSR count). The van der Waals surface area contributed by atoms with Crippen LogP contribution in [-0.2, 0) is 10.2 Å². The second kappa shape index (κ2) is 9.76. The summed E-state index contributed by atoms with van der Waals surface area (Å²) in [4.78, 5) is 26.6. The first-order chi connectivity index (χ1) is 15.3. The Labute approximate surface area is 190 Å². The fourth-order valence-electron chi connectivity index (χ4n) is 4.37. The van der Waals surface area contributed by atoms with Crippen molar-refractivity contribution in [1.82, 2.24) is 18.8 Å². The van der Waals surface area contributed by atoms with Gasteiger partial charge >= 0.3 is 6.03 Å². The standard InChI is InChI=1S/C22H33N5O4S/c1-25(20-8-3-2-4-9-20)32(30,31)27-14-12-26(13-15-27)22(29)24-19-7-5-6-17(16-19)21(28)23-18-10-11-18/h5-7,16,18,20H,2-4,8-15H2,1H3,(H,23,28)(H,24,29). The van der Waals surface area contributed by atoms with Gasteiger partial charge in [0.1, 0.15) is 0 Å². The Kier molecular flexibility index (Phi) is 7.02. The second-order valence-electron chi connectivity index (χ2n) is 8.96.